The number of anilines is 1. The largest absolute Gasteiger partial charge is 0.474 e. The topological polar surface area (TPSA) is 87.3 Å². The van der Waals surface area contributed by atoms with Crippen LogP contribution in [0.15, 0.2) is 36.7 Å². The Morgan fingerprint density at radius 2 is 1.92 bits per heavy atom. The summed E-state index contributed by atoms with van der Waals surface area (Å²) in [5.74, 6) is 0.518. The third kappa shape index (κ3) is 4.47. The smallest absolute Gasteiger partial charge is 0.308 e. The van der Waals surface area contributed by atoms with Crippen molar-refractivity contribution in [2.24, 2.45) is 5.92 Å². The van der Waals surface area contributed by atoms with Crippen molar-refractivity contribution in [1.82, 2.24) is 9.97 Å². The number of nitrogens with two attached hydrogens (primary N) is 1. The average molecular weight is 341 g/mol. The lowest BCUT2D eigenvalue weighted by molar-refractivity contribution is -0.149. The first-order valence-corrected chi connectivity index (χ1v) is 8.67. The molecule has 1 fully saturated rings. The Morgan fingerprint density at radius 3 is 2.52 bits per heavy atom. The standard InChI is InChI=1S/C19H23N3O3/c1-2-24-19(23)13-3-7-16(8-4-13)25-18-10-5-14(11-22-18)17-9-6-15(20)12-21-17/h5-6,9-13,16H,2-4,7-8,20H2,1H3. The number of nitrogen functional groups attached to an aromatic ring is 1. The Bertz CT molecular complexity index is 693. The highest BCUT2D eigenvalue weighted by Crippen LogP contribution is 2.28. The molecule has 0 atom stereocenters. The molecule has 0 bridgehead atoms. The highest BCUT2D eigenvalue weighted by molar-refractivity contribution is 5.72. The maximum Gasteiger partial charge on any atom is 0.308 e. The lowest BCUT2D eigenvalue weighted by Crippen LogP contribution is -2.29. The molecule has 0 aliphatic heterocycles. The summed E-state index contributed by atoms with van der Waals surface area (Å²) in [5.41, 5.74) is 8.02. The van der Waals surface area contributed by atoms with E-state index in [0.717, 1.165) is 36.9 Å². The van der Waals surface area contributed by atoms with Gasteiger partial charge in [0, 0.05) is 17.8 Å². The molecule has 0 saturated heterocycles. The Hall–Kier alpha value is -2.63. The van der Waals surface area contributed by atoms with Gasteiger partial charge in [-0.1, -0.05) is 0 Å². The first kappa shape index (κ1) is 17.2. The van der Waals surface area contributed by atoms with E-state index in [9.17, 15) is 4.79 Å². The summed E-state index contributed by atoms with van der Waals surface area (Å²) in [4.78, 5) is 20.4. The van der Waals surface area contributed by atoms with Gasteiger partial charge in [-0.2, -0.15) is 0 Å². The molecule has 1 aliphatic carbocycles. The van der Waals surface area contributed by atoms with Crippen molar-refractivity contribution in [2.75, 3.05) is 12.3 Å². The lowest BCUT2D eigenvalue weighted by atomic mass is 9.87. The molecule has 0 radical (unpaired) electrons. The van der Waals surface area contributed by atoms with Crippen LogP contribution in [0, 0.1) is 5.92 Å². The zero-order valence-electron chi connectivity index (χ0n) is 14.4. The van der Waals surface area contributed by atoms with Crippen LogP contribution in [0.5, 0.6) is 5.88 Å². The number of ether oxygens (including phenoxy) is 2. The average Bonchev–Trinajstić information content (AvgIpc) is 2.64. The van der Waals surface area contributed by atoms with E-state index >= 15 is 0 Å². The molecule has 6 nitrogen and oxygen atoms in total. The van der Waals surface area contributed by atoms with Crippen molar-refractivity contribution in [1.29, 1.82) is 0 Å². The second-order valence-electron chi connectivity index (χ2n) is 6.21. The van der Waals surface area contributed by atoms with Crippen molar-refractivity contribution >= 4 is 11.7 Å². The SMILES string of the molecule is CCOC(=O)C1CCC(Oc2ccc(-c3ccc(N)cn3)cn2)CC1. The van der Waals surface area contributed by atoms with E-state index in [0.29, 0.717) is 18.2 Å². The monoisotopic (exact) mass is 341 g/mol. The van der Waals surface area contributed by atoms with Gasteiger partial charge in [0.05, 0.1) is 30.1 Å². The van der Waals surface area contributed by atoms with E-state index in [-0.39, 0.29) is 18.0 Å². The van der Waals surface area contributed by atoms with Crippen LogP contribution in [0.1, 0.15) is 32.6 Å². The molecule has 0 aromatic carbocycles. The van der Waals surface area contributed by atoms with Gasteiger partial charge in [0.25, 0.3) is 0 Å². The zero-order valence-corrected chi connectivity index (χ0v) is 14.4. The Morgan fingerprint density at radius 1 is 1.12 bits per heavy atom. The number of pyridine rings is 2. The summed E-state index contributed by atoms with van der Waals surface area (Å²) in [5, 5.41) is 0. The highest BCUT2D eigenvalue weighted by Gasteiger charge is 2.28. The second kappa shape index (κ2) is 7.96. The second-order valence-corrected chi connectivity index (χ2v) is 6.21. The first-order valence-electron chi connectivity index (χ1n) is 8.67. The van der Waals surface area contributed by atoms with E-state index in [1.807, 2.05) is 31.2 Å². The van der Waals surface area contributed by atoms with Crippen molar-refractivity contribution in [3.8, 4) is 17.1 Å². The van der Waals surface area contributed by atoms with Crippen molar-refractivity contribution in [3.63, 3.8) is 0 Å². The summed E-state index contributed by atoms with van der Waals surface area (Å²) in [6.07, 6.45) is 6.76. The molecule has 2 heterocycles. The number of nitrogens with zero attached hydrogens (tertiary/aromatic N) is 2. The number of carbonyl (C=O) groups excluding carboxylic acids is 1. The number of rotatable bonds is 5. The molecule has 0 spiro atoms. The molecule has 2 aromatic heterocycles. The van der Waals surface area contributed by atoms with Crippen molar-refractivity contribution in [2.45, 2.75) is 38.7 Å². The summed E-state index contributed by atoms with van der Waals surface area (Å²) >= 11 is 0. The molecule has 2 N–H and O–H groups in total. The highest BCUT2D eigenvalue weighted by atomic mass is 16.5. The van der Waals surface area contributed by atoms with Gasteiger partial charge in [-0.15, -0.1) is 0 Å². The molecule has 1 saturated carbocycles. The van der Waals surface area contributed by atoms with E-state index in [4.69, 9.17) is 15.2 Å². The molecule has 1 aliphatic rings. The van der Waals surface area contributed by atoms with E-state index < -0.39 is 0 Å². The molecule has 6 heteroatoms. The molecule has 0 amide bonds. The van der Waals surface area contributed by atoms with Gasteiger partial charge < -0.3 is 15.2 Å². The van der Waals surface area contributed by atoms with Crippen LogP contribution in [0.25, 0.3) is 11.3 Å². The van der Waals surface area contributed by atoms with Gasteiger partial charge in [-0.3, -0.25) is 9.78 Å². The summed E-state index contributed by atoms with van der Waals surface area (Å²) in [7, 11) is 0. The number of hydrogen-bond acceptors (Lipinski definition) is 6. The Labute approximate surface area is 147 Å². The quantitative estimate of drug-likeness (QED) is 0.840. The summed E-state index contributed by atoms with van der Waals surface area (Å²) in [6.45, 7) is 2.27. The fourth-order valence-electron chi connectivity index (χ4n) is 3.02. The van der Waals surface area contributed by atoms with Crippen LogP contribution in [0.4, 0.5) is 5.69 Å². The molecular formula is C19H23N3O3. The molecule has 2 aromatic rings. The predicted molar refractivity (Wildman–Crippen MR) is 94.9 cm³/mol. The zero-order chi connectivity index (χ0) is 17.6. The van der Waals surface area contributed by atoms with Crippen LogP contribution in [-0.4, -0.2) is 28.6 Å². The van der Waals surface area contributed by atoms with Crippen molar-refractivity contribution in [3.05, 3.63) is 36.7 Å². The molecular weight excluding hydrogens is 318 g/mol. The maximum absolute atomic E-state index is 11.8. The summed E-state index contributed by atoms with van der Waals surface area (Å²) < 4.78 is 11.0. The summed E-state index contributed by atoms with van der Waals surface area (Å²) in [6, 6.07) is 7.47. The fourth-order valence-corrected chi connectivity index (χ4v) is 3.02. The van der Waals surface area contributed by atoms with Crippen LogP contribution in [0.3, 0.4) is 0 Å². The van der Waals surface area contributed by atoms with Crippen LogP contribution in [-0.2, 0) is 9.53 Å². The van der Waals surface area contributed by atoms with E-state index in [2.05, 4.69) is 9.97 Å². The number of aromatic nitrogens is 2. The van der Waals surface area contributed by atoms with Gasteiger partial charge in [-0.25, -0.2) is 4.98 Å². The Balaban J connectivity index is 1.54. The third-order valence-corrected chi connectivity index (χ3v) is 4.40. The normalized spacial score (nSPS) is 20.0. The lowest BCUT2D eigenvalue weighted by Gasteiger charge is -2.27. The van der Waals surface area contributed by atoms with Gasteiger partial charge in [-0.05, 0) is 50.8 Å². The molecule has 3 rings (SSSR count). The number of carbonyl (C=O) groups is 1. The maximum atomic E-state index is 11.8. The molecule has 132 valence electrons. The predicted octanol–water partition coefficient (Wildman–Crippen LogP) is 3.23. The van der Waals surface area contributed by atoms with E-state index in [1.165, 1.54) is 0 Å². The minimum Gasteiger partial charge on any atom is -0.474 e. The van der Waals surface area contributed by atoms with Gasteiger partial charge in [0.2, 0.25) is 5.88 Å². The fraction of sp³-hybridized carbons (Fsp3) is 0.421. The minimum absolute atomic E-state index is 0.00623. The third-order valence-electron chi connectivity index (χ3n) is 4.40. The van der Waals surface area contributed by atoms with Crippen LogP contribution in [0.2, 0.25) is 0 Å². The van der Waals surface area contributed by atoms with Gasteiger partial charge in [0.1, 0.15) is 6.10 Å². The minimum atomic E-state index is -0.0839. The van der Waals surface area contributed by atoms with Crippen molar-refractivity contribution < 1.29 is 14.3 Å². The van der Waals surface area contributed by atoms with Gasteiger partial charge in [0.15, 0.2) is 0 Å². The molecule has 25 heavy (non-hydrogen) atoms. The Kier molecular flexibility index (Phi) is 5.48. The first-order chi connectivity index (χ1) is 12.2. The van der Waals surface area contributed by atoms with Crippen LogP contribution >= 0.6 is 0 Å². The molecule has 0 unspecified atom stereocenters. The number of esters is 1. The van der Waals surface area contributed by atoms with E-state index in [1.54, 1.807) is 12.4 Å². The van der Waals surface area contributed by atoms with Crippen LogP contribution < -0.4 is 10.5 Å². The van der Waals surface area contributed by atoms with Gasteiger partial charge >= 0.3 is 5.97 Å². The number of hydrogen-bond donors (Lipinski definition) is 1.